The molecule has 1 aromatic rings. The molecule has 0 aliphatic carbocycles. The first kappa shape index (κ1) is 26.8. The summed E-state index contributed by atoms with van der Waals surface area (Å²) < 4.78 is 18.2. The van der Waals surface area contributed by atoms with Crippen molar-refractivity contribution in [1.29, 1.82) is 0 Å². The minimum atomic E-state index is -1.15. The second kappa shape index (κ2) is 10.5. The minimum absolute atomic E-state index is 0.112. The Kier molecular flexibility index (Phi) is 8.25. The van der Waals surface area contributed by atoms with Crippen LogP contribution < -0.4 is 10.6 Å². The van der Waals surface area contributed by atoms with E-state index in [1.54, 1.807) is 19.9 Å². The number of hydrogen-bond acceptors (Lipinski definition) is 6. The van der Waals surface area contributed by atoms with Crippen LogP contribution in [0.1, 0.15) is 46.6 Å². The predicted molar refractivity (Wildman–Crippen MR) is 132 cm³/mol. The van der Waals surface area contributed by atoms with E-state index in [2.05, 4.69) is 26.6 Å². The van der Waals surface area contributed by atoms with Crippen molar-refractivity contribution in [3.8, 4) is 0 Å². The lowest BCUT2D eigenvalue weighted by atomic mass is 9.93. The monoisotopic (exact) mass is 538 g/mol. The molecule has 0 spiro atoms. The van der Waals surface area contributed by atoms with Gasteiger partial charge in [0.2, 0.25) is 5.91 Å². The van der Waals surface area contributed by atoms with Crippen LogP contribution in [0.2, 0.25) is 0 Å². The van der Waals surface area contributed by atoms with Crippen LogP contribution >= 0.6 is 15.9 Å². The maximum absolute atomic E-state index is 13.2. The molecule has 1 saturated heterocycles. The first-order chi connectivity index (χ1) is 15.8. The highest BCUT2D eigenvalue weighted by atomic mass is 79.9. The molecule has 1 fully saturated rings. The molecule has 8 nitrogen and oxygen atoms in total. The molecule has 34 heavy (non-hydrogen) atoms. The van der Waals surface area contributed by atoms with E-state index in [9.17, 15) is 14.7 Å². The van der Waals surface area contributed by atoms with Gasteiger partial charge in [0.25, 0.3) is 5.91 Å². The summed E-state index contributed by atoms with van der Waals surface area (Å²) in [6.07, 6.45) is 0.811. The van der Waals surface area contributed by atoms with Crippen molar-refractivity contribution in [1.82, 2.24) is 5.32 Å². The first-order valence-electron chi connectivity index (χ1n) is 11.5. The van der Waals surface area contributed by atoms with Crippen molar-refractivity contribution < 1.29 is 28.9 Å². The van der Waals surface area contributed by atoms with E-state index in [4.69, 9.17) is 14.2 Å². The third kappa shape index (κ3) is 6.66. The van der Waals surface area contributed by atoms with Gasteiger partial charge in [-0.2, -0.15) is 0 Å². The zero-order valence-electron chi connectivity index (χ0n) is 20.6. The van der Waals surface area contributed by atoms with E-state index in [0.717, 1.165) is 15.7 Å². The summed E-state index contributed by atoms with van der Waals surface area (Å²) in [5.74, 6) is -1.89. The molecule has 2 amide bonds. The highest BCUT2D eigenvalue weighted by Gasteiger charge is 2.48. The molecule has 5 atom stereocenters. The van der Waals surface area contributed by atoms with Crippen molar-refractivity contribution in [3.05, 3.63) is 40.4 Å². The Balaban J connectivity index is 1.75. The zero-order valence-corrected chi connectivity index (χ0v) is 22.1. The van der Waals surface area contributed by atoms with E-state index in [0.29, 0.717) is 12.8 Å². The lowest BCUT2D eigenvalue weighted by Crippen LogP contribution is -2.61. The number of fused-ring (bicyclic) bond motifs is 1. The van der Waals surface area contributed by atoms with Crippen LogP contribution in [0.5, 0.6) is 0 Å². The lowest BCUT2D eigenvalue weighted by molar-refractivity contribution is -0.334. The lowest BCUT2D eigenvalue weighted by Gasteiger charge is -2.45. The minimum Gasteiger partial charge on any atom is -0.387 e. The fourth-order valence-corrected chi connectivity index (χ4v) is 4.52. The van der Waals surface area contributed by atoms with Crippen LogP contribution in [0.15, 0.2) is 34.8 Å². The van der Waals surface area contributed by atoms with E-state index in [1.807, 2.05) is 45.0 Å². The molecular weight excluding hydrogens is 504 g/mol. The zero-order chi connectivity index (χ0) is 25.3. The fraction of sp³-hybridized carbons (Fsp3) is 0.600. The van der Waals surface area contributed by atoms with Gasteiger partial charge in [-0.25, -0.2) is 0 Å². The van der Waals surface area contributed by atoms with Gasteiger partial charge >= 0.3 is 0 Å². The number of aryl methyl sites for hydroxylation is 1. The summed E-state index contributed by atoms with van der Waals surface area (Å²) in [7, 11) is 1.38. The second-order valence-corrected chi connectivity index (χ2v) is 11.2. The number of benzene rings is 1. The number of carbonyl (C=O) groups excluding carboxylic acids is 2. The number of allylic oxidation sites excluding steroid dienone is 1. The van der Waals surface area contributed by atoms with Gasteiger partial charge in [0.1, 0.15) is 24.4 Å². The largest absolute Gasteiger partial charge is 0.387 e. The molecule has 3 rings (SSSR count). The molecule has 0 bridgehead atoms. The molecule has 0 aromatic heterocycles. The van der Waals surface area contributed by atoms with Crippen molar-refractivity contribution in [2.75, 3.05) is 12.4 Å². The van der Waals surface area contributed by atoms with E-state index < -0.39 is 42.2 Å². The number of carbonyl (C=O) groups is 2. The molecule has 188 valence electrons. The Labute approximate surface area is 209 Å². The SMILES string of the molecule is CO[C@@H](C(=O)NC1CCc2cc(Br)ccc2NC1=O)[C@@H]1OC(C)(C)O[C@H](C=CC(C)(C)C)[C@@H]1O. The van der Waals surface area contributed by atoms with Crippen molar-refractivity contribution in [2.45, 2.75) is 83.7 Å². The molecule has 3 N–H and O–H groups in total. The average Bonchev–Trinajstić information content (AvgIpc) is 2.87. The normalized spacial score (nSPS) is 28.1. The number of halogens is 1. The summed E-state index contributed by atoms with van der Waals surface area (Å²) in [4.78, 5) is 26.0. The summed E-state index contributed by atoms with van der Waals surface area (Å²) in [5.41, 5.74) is 1.60. The topological polar surface area (TPSA) is 106 Å². The smallest absolute Gasteiger partial charge is 0.252 e. The van der Waals surface area contributed by atoms with Gasteiger partial charge in [-0.05, 0) is 55.9 Å². The molecular formula is C25H35BrN2O6. The van der Waals surface area contributed by atoms with Crippen molar-refractivity contribution in [2.24, 2.45) is 5.41 Å². The first-order valence-corrected chi connectivity index (χ1v) is 12.2. The quantitative estimate of drug-likeness (QED) is 0.496. The van der Waals surface area contributed by atoms with E-state index in [-0.39, 0.29) is 11.3 Å². The van der Waals surface area contributed by atoms with Gasteiger partial charge in [0, 0.05) is 17.3 Å². The third-order valence-corrected chi connectivity index (χ3v) is 6.26. The van der Waals surface area contributed by atoms with Crippen LogP contribution in [0, 0.1) is 5.41 Å². The summed E-state index contributed by atoms with van der Waals surface area (Å²) in [6.45, 7) is 9.57. The molecule has 1 unspecified atom stereocenters. The average molecular weight is 539 g/mol. The number of anilines is 1. The molecule has 1 aromatic carbocycles. The van der Waals surface area contributed by atoms with Crippen LogP contribution in [0.3, 0.4) is 0 Å². The summed E-state index contributed by atoms with van der Waals surface area (Å²) in [5, 5.41) is 16.7. The Morgan fingerprint density at radius 2 is 2.06 bits per heavy atom. The molecule has 2 aliphatic heterocycles. The van der Waals surface area contributed by atoms with Crippen LogP contribution in [-0.2, 0) is 30.2 Å². The van der Waals surface area contributed by atoms with Gasteiger partial charge in [0.05, 0.1) is 0 Å². The standard InChI is InChI=1S/C25H35BrN2O6/c1-24(2,3)12-11-18-19(29)20(34-25(4,5)33-18)21(32-6)23(31)28-17-9-7-14-13-15(26)8-10-16(14)27-22(17)30/h8,10-13,17-21,29H,7,9H2,1-6H3,(H,27,30)(H,28,31)/t17?,18-,19+,20-,21-/m1/s1. The molecule has 0 saturated carbocycles. The number of nitrogens with one attached hydrogen (secondary N) is 2. The van der Waals surface area contributed by atoms with Gasteiger partial charge in [0.15, 0.2) is 11.9 Å². The number of aliphatic hydroxyl groups excluding tert-OH is 1. The van der Waals surface area contributed by atoms with Gasteiger partial charge in [-0.3, -0.25) is 9.59 Å². The number of hydrogen-bond donors (Lipinski definition) is 3. The summed E-state index contributed by atoms with van der Waals surface area (Å²) >= 11 is 3.45. The highest BCUT2D eigenvalue weighted by Crippen LogP contribution is 2.32. The number of amides is 2. The van der Waals surface area contributed by atoms with E-state index >= 15 is 0 Å². The van der Waals surface area contributed by atoms with Crippen LogP contribution in [0.4, 0.5) is 5.69 Å². The molecule has 2 aliphatic rings. The number of rotatable bonds is 5. The number of aliphatic hydroxyl groups is 1. The van der Waals surface area contributed by atoms with E-state index in [1.165, 1.54) is 7.11 Å². The number of methoxy groups -OCH3 is 1. The Bertz CT molecular complexity index is 942. The molecule has 0 radical (unpaired) electrons. The third-order valence-electron chi connectivity index (χ3n) is 5.77. The van der Waals surface area contributed by atoms with Crippen molar-refractivity contribution >= 4 is 33.4 Å². The predicted octanol–water partition coefficient (Wildman–Crippen LogP) is 3.32. The van der Waals surface area contributed by atoms with Crippen LogP contribution in [0.25, 0.3) is 0 Å². The maximum atomic E-state index is 13.2. The van der Waals surface area contributed by atoms with Crippen LogP contribution in [-0.4, -0.2) is 60.3 Å². The van der Waals surface area contributed by atoms with Crippen molar-refractivity contribution in [3.63, 3.8) is 0 Å². The van der Waals surface area contributed by atoms with Gasteiger partial charge in [-0.1, -0.05) is 48.9 Å². The highest BCUT2D eigenvalue weighted by molar-refractivity contribution is 9.10. The maximum Gasteiger partial charge on any atom is 0.252 e. The van der Waals surface area contributed by atoms with Gasteiger partial charge < -0.3 is 30.0 Å². The molecule has 9 heteroatoms. The Hall–Kier alpha value is -1.78. The van der Waals surface area contributed by atoms with Gasteiger partial charge in [-0.15, -0.1) is 0 Å². The summed E-state index contributed by atoms with van der Waals surface area (Å²) in [6, 6.07) is 4.89. The molecule has 2 heterocycles. The number of ether oxygens (including phenoxy) is 3. The fourth-order valence-electron chi connectivity index (χ4n) is 4.11. The Morgan fingerprint density at radius 1 is 1.35 bits per heavy atom. The Morgan fingerprint density at radius 3 is 2.71 bits per heavy atom. The second-order valence-electron chi connectivity index (χ2n) is 10.3.